The Morgan fingerprint density at radius 3 is 2.68 bits per heavy atom. The number of carbonyl (C=O) groups excluding carboxylic acids is 1. The van der Waals surface area contributed by atoms with Gasteiger partial charge in [0, 0.05) is 19.6 Å². The molecule has 0 saturated carbocycles. The molecule has 0 aliphatic carbocycles. The fourth-order valence-electron chi connectivity index (χ4n) is 4.23. The summed E-state index contributed by atoms with van der Waals surface area (Å²) < 4.78 is 3.67. The van der Waals surface area contributed by atoms with Crippen molar-refractivity contribution >= 4 is 34.3 Å². The van der Waals surface area contributed by atoms with Gasteiger partial charge in [-0.1, -0.05) is 50.6 Å². The molecule has 0 spiro atoms. The second kappa shape index (κ2) is 9.42. The Morgan fingerprint density at radius 2 is 1.94 bits per heavy atom. The maximum Gasteiger partial charge on any atom is 0.262 e. The summed E-state index contributed by atoms with van der Waals surface area (Å²) in [5, 5.41) is 9.81. The Morgan fingerprint density at radius 1 is 1.19 bits per heavy atom. The van der Waals surface area contributed by atoms with Crippen molar-refractivity contribution in [3.05, 3.63) is 34.6 Å². The molecule has 1 amide bonds. The Balaban J connectivity index is 1.69. The summed E-state index contributed by atoms with van der Waals surface area (Å²) in [5.41, 5.74) is 0.753. The van der Waals surface area contributed by atoms with Crippen LogP contribution in [0.4, 0.5) is 0 Å². The van der Waals surface area contributed by atoms with E-state index in [4.69, 9.17) is 0 Å². The molecule has 4 rings (SSSR count). The van der Waals surface area contributed by atoms with E-state index in [0.29, 0.717) is 28.8 Å². The molecule has 1 aliphatic rings. The van der Waals surface area contributed by atoms with E-state index < -0.39 is 0 Å². The van der Waals surface area contributed by atoms with Crippen molar-refractivity contribution < 1.29 is 4.79 Å². The highest BCUT2D eigenvalue weighted by atomic mass is 32.2. The number of unbranched alkanes of at least 4 members (excludes halogenated alkanes) is 2. The second-order valence-corrected chi connectivity index (χ2v) is 9.87. The number of hydrogen-bond donors (Lipinski definition) is 0. The molecule has 3 aromatic rings. The molecular formula is C23H31N5O2S. The zero-order chi connectivity index (χ0) is 22.0. The second-order valence-electron chi connectivity index (χ2n) is 8.57. The largest absolute Gasteiger partial charge is 0.342 e. The van der Waals surface area contributed by atoms with Crippen molar-refractivity contribution in [3.63, 3.8) is 0 Å². The Labute approximate surface area is 186 Å². The van der Waals surface area contributed by atoms with Gasteiger partial charge in [-0.15, -0.1) is 10.2 Å². The number of rotatable bonds is 7. The summed E-state index contributed by atoms with van der Waals surface area (Å²) in [5.74, 6) is 1.38. The van der Waals surface area contributed by atoms with E-state index in [9.17, 15) is 9.59 Å². The zero-order valence-electron chi connectivity index (χ0n) is 18.6. The number of likely N-dealkylation sites (tertiary alicyclic amines) is 1. The molecule has 166 valence electrons. The number of hydrogen-bond acceptors (Lipinski definition) is 5. The van der Waals surface area contributed by atoms with Crippen LogP contribution in [-0.2, 0) is 11.3 Å². The molecule has 1 saturated heterocycles. The number of para-hydroxylation sites is 1. The number of benzene rings is 1. The van der Waals surface area contributed by atoms with Crippen LogP contribution < -0.4 is 5.56 Å². The summed E-state index contributed by atoms with van der Waals surface area (Å²) in [4.78, 5) is 28.1. The van der Waals surface area contributed by atoms with Gasteiger partial charge in [0.15, 0.2) is 5.16 Å². The molecule has 0 N–H and O–H groups in total. The molecule has 1 unspecified atom stereocenters. The molecule has 8 heteroatoms. The van der Waals surface area contributed by atoms with Crippen molar-refractivity contribution in [2.75, 3.05) is 13.1 Å². The van der Waals surface area contributed by atoms with E-state index in [1.54, 1.807) is 4.57 Å². The maximum atomic E-state index is 13.1. The van der Waals surface area contributed by atoms with Gasteiger partial charge in [-0.25, -0.2) is 0 Å². The highest BCUT2D eigenvalue weighted by Crippen LogP contribution is 2.27. The fraction of sp³-hybridized carbons (Fsp3) is 0.565. The SMILES string of the molecule is CCCCCn1c(=O)c2ccccc2n2c(SC(C)C(=O)N3CCC(C)CC3)nnc12. The van der Waals surface area contributed by atoms with Crippen LogP contribution in [0, 0.1) is 5.92 Å². The lowest BCUT2D eigenvalue weighted by Crippen LogP contribution is -2.41. The van der Waals surface area contributed by atoms with Gasteiger partial charge in [0.2, 0.25) is 11.7 Å². The molecular weight excluding hydrogens is 410 g/mol. The molecule has 1 atom stereocenters. The lowest BCUT2D eigenvalue weighted by molar-refractivity contribution is -0.131. The highest BCUT2D eigenvalue weighted by Gasteiger charge is 2.27. The molecule has 0 bridgehead atoms. The van der Waals surface area contributed by atoms with Gasteiger partial charge in [0.1, 0.15) is 0 Å². The van der Waals surface area contributed by atoms with Gasteiger partial charge in [0.05, 0.1) is 16.2 Å². The first-order valence-corrected chi connectivity index (χ1v) is 12.2. The lowest BCUT2D eigenvalue weighted by Gasteiger charge is -2.31. The number of carbonyl (C=O) groups is 1. The van der Waals surface area contributed by atoms with E-state index in [0.717, 1.165) is 50.7 Å². The third kappa shape index (κ3) is 4.35. The minimum absolute atomic E-state index is 0.0327. The van der Waals surface area contributed by atoms with E-state index in [-0.39, 0.29) is 16.7 Å². The van der Waals surface area contributed by atoms with Crippen LogP contribution in [0.3, 0.4) is 0 Å². The molecule has 1 aromatic carbocycles. The number of aryl methyl sites for hydroxylation is 1. The van der Waals surface area contributed by atoms with Crippen LogP contribution in [0.25, 0.3) is 16.7 Å². The number of nitrogens with zero attached hydrogens (tertiary/aromatic N) is 5. The quantitative estimate of drug-likeness (QED) is 0.410. The van der Waals surface area contributed by atoms with Gasteiger partial charge in [-0.2, -0.15) is 0 Å². The van der Waals surface area contributed by atoms with E-state index >= 15 is 0 Å². The van der Waals surface area contributed by atoms with Crippen LogP contribution in [0.15, 0.2) is 34.2 Å². The monoisotopic (exact) mass is 441 g/mol. The Kier molecular flexibility index (Phi) is 6.65. The Hall–Kier alpha value is -2.35. The summed E-state index contributed by atoms with van der Waals surface area (Å²) in [6, 6.07) is 7.57. The maximum absolute atomic E-state index is 13.1. The van der Waals surface area contributed by atoms with E-state index in [1.165, 1.54) is 11.8 Å². The summed E-state index contributed by atoms with van der Waals surface area (Å²) in [6.45, 7) is 8.59. The minimum atomic E-state index is -0.264. The summed E-state index contributed by atoms with van der Waals surface area (Å²) in [7, 11) is 0. The Bertz CT molecular complexity index is 1130. The fourth-order valence-corrected chi connectivity index (χ4v) is 5.17. The zero-order valence-corrected chi connectivity index (χ0v) is 19.4. The third-order valence-corrected chi connectivity index (χ3v) is 7.22. The normalized spacial score (nSPS) is 16.3. The highest BCUT2D eigenvalue weighted by molar-refractivity contribution is 8.00. The number of fused-ring (bicyclic) bond motifs is 3. The third-order valence-electron chi connectivity index (χ3n) is 6.19. The average Bonchev–Trinajstić information content (AvgIpc) is 3.19. The minimum Gasteiger partial charge on any atom is -0.342 e. The van der Waals surface area contributed by atoms with Crippen molar-refractivity contribution in [2.24, 2.45) is 5.92 Å². The van der Waals surface area contributed by atoms with Crippen LogP contribution in [0.1, 0.15) is 52.9 Å². The van der Waals surface area contributed by atoms with Gasteiger partial charge in [-0.3, -0.25) is 18.6 Å². The van der Waals surface area contributed by atoms with Crippen molar-refractivity contribution in [1.29, 1.82) is 0 Å². The van der Waals surface area contributed by atoms with Crippen LogP contribution in [0.2, 0.25) is 0 Å². The van der Waals surface area contributed by atoms with Crippen molar-refractivity contribution in [3.8, 4) is 0 Å². The van der Waals surface area contributed by atoms with Gasteiger partial charge < -0.3 is 4.90 Å². The first kappa shape index (κ1) is 21.9. The summed E-state index contributed by atoms with van der Waals surface area (Å²) in [6.07, 6.45) is 5.18. The lowest BCUT2D eigenvalue weighted by atomic mass is 9.99. The predicted octanol–water partition coefficient (Wildman–Crippen LogP) is 3.97. The molecule has 0 radical (unpaired) electrons. The number of piperidine rings is 1. The number of aromatic nitrogens is 4. The molecule has 1 aliphatic heterocycles. The molecule has 3 heterocycles. The standard InChI is InChI=1S/C23H31N5O2S/c1-4-5-8-13-27-21(30)18-9-6-7-10-19(18)28-22(27)24-25-23(28)31-17(3)20(29)26-14-11-16(2)12-15-26/h6-7,9-10,16-17H,4-5,8,11-15H2,1-3H3. The average molecular weight is 442 g/mol. The first-order chi connectivity index (χ1) is 15.0. The summed E-state index contributed by atoms with van der Waals surface area (Å²) >= 11 is 1.42. The smallest absolute Gasteiger partial charge is 0.262 e. The van der Waals surface area contributed by atoms with Crippen LogP contribution in [-0.4, -0.2) is 48.3 Å². The predicted molar refractivity (Wildman–Crippen MR) is 125 cm³/mol. The number of thioether (sulfide) groups is 1. The van der Waals surface area contributed by atoms with Crippen molar-refractivity contribution in [2.45, 2.75) is 69.8 Å². The number of amides is 1. The van der Waals surface area contributed by atoms with Gasteiger partial charge in [0.25, 0.3) is 5.56 Å². The van der Waals surface area contributed by atoms with Crippen LogP contribution in [0.5, 0.6) is 0 Å². The van der Waals surface area contributed by atoms with E-state index in [2.05, 4.69) is 24.0 Å². The van der Waals surface area contributed by atoms with Gasteiger partial charge in [-0.05, 0) is 44.2 Å². The topological polar surface area (TPSA) is 72.5 Å². The molecule has 2 aromatic heterocycles. The van der Waals surface area contributed by atoms with Crippen LogP contribution >= 0.6 is 11.8 Å². The molecule has 31 heavy (non-hydrogen) atoms. The first-order valence-electron chi connectivity index (χ1n) is 11.3. The van der Waals surface area contributed by atoms with E-state index in [1.807, 2.05) is 40.5 Å². The van der Waals surface area contributed by atoms with Gasteiger partial charge >= 0.3 is 0 Å². The molecule has 7 nitrogen and oxygen atoms in total. The molecule has 1 fully saturated rings. The van der Waals surface area contributed by atoms with Crippen molar-refractivity contribution in [1.82, 2.24) is 24.1 Å².